The van der Waals surface area contributed by atoms with Gasteiger partial charge >= 0.3 is 0 Å². The Morgan fingerprint density at radius 2 is 2.00 bits per heavy atom. The number of anilines is 1. The summed E-state index contributed by atoms with van der Waals surface area (Å²) >= 11 is 1.46. The normalized spacial score (nSPS) is 10.6. The average Bonchev–Trinajstić information content (AvgIpc) is 2.91. The maximum Gasteiger partial charge on any atom is 0.221 e. The minimum atomic E-state index is -0.0941. The molecule has 1 aromatic carbocycles. The number of nitrogens with one attached hydrogen (secondary N) is 1. The third-order valence-corrected chi connectivity index (χ3v) is 4.42. The van der Waals surface area contributed by atoms with Crippen molar-refractivity contribution in [3.63, 3.8) is 0 Å². The zero-order valence-corrected chi connectivity index (χ0v) is 12.8. The van der Waals surface area contributed by atoms with Crippen LogP contribution in [0.25, 0.3) is 27.1 Å². The number of amides is 1. The van der Waals surface area contributed by atoms with Gasteiger partial charge in [-0.1, -0.05) is 18.7 Å². The van der Waals surface area contributed by atoms with E-state index in [1.165, 1.54) is 18.3 Å². The zero-order chi connectivity index (χ0) is 15.7. The number of carbonyl (C=O) groups excluding carboxylic acids is 1. The molecule has 2 N–H and O–H groups in total. The van der Waals surface area contributed by atoms with Gasteiger partial charge in [-0.05, 0) is 29.8 Å². The van der Waals surface area contributed by atoms with Gasteiger partial charge in [0.2, 0.25) is 5.91 Å². The van der Waals surface area contributed by atoms with Crippen LogP contribution in [0.1, 0.15) is 11.8 Å². The van der Waals surface area contributed by atoms with Crippen LogP contribution in [0.15, 0.2) is 49.2 Å². The number of aliphatic hydroxyl groups excluding tert-OH is 1. The molecule has 5 heteroatoms. The standard InChI is InChI=1S/C17H14N2O2S/c1-10(20)16-9-15-17(22-16)14(7-8-18-15)12-3-5-13(6-4-12)19-11(2)21/h3-9,20H,1H2,2H3,(H,19,21). The molecule has 0 bridgehead atoms. The summed E-state index contributed by atoms with van der Waals surface area (Å²) in [6.07, 6.45) is 1.75. The molecule has 22 heavy (non-hydrogen) atoms. The number of hydrogen-bond donors (Lipinski definition) is 2. The summed E-state index contributed by atoms with van der Waals surface area (Å²) < 4.78 is 1.000. The third kappa shape index (κ3) is 2.71. The zero-order valence-electron chi connectivity index (χ0n) is 12.0. The Hall–Kier alpha value is -2.66. The maximum absolute atomic E-state index is 11.1. The Bertz CT molecular complexity index is 866. The van der Waals surface area contributed by atoms with Crippen molar-refractivity contribution in [1.29, 1.82) is 0 Å². The van der Waals surface area contributed by atoms with Crippen LogP contribution in [0, 0.1) is 0 Å². The summed E-state index contributed by atoms with van der Waals surface area (Å²) in [5.41, 5.74) is 3.66. The van der Waals surface area contributed by atoms with Gasteiger partial charge in [0.1, 0.15) is 5.76 Å². The second kappa shape index (κ2) is 5.61. The summed E-state index contributed by atoms with van der Waals surface area (Å²) in [7, 11) is 0. The minimum absolute atomic E-state index is 0.0509. The van der Waals surface area contributed by atoms with Crippen molar-refractivity contribution in [3.8, 4) is 11.1 Å². The summed E-state index contributed by atoms with van der Waals surface area (Å²) in [6.45, 7) is 5.04. The molecule has 0 saturated heterocycles. The lowest BCUT2D eigenvalue weighted by Crippen LogP contribution is -2.05. The molecule has 0 saturated carbocycles. The van der Waals surface area contributed by atoms with Crippen LogP contribution in [-0.2, 0) is 4.79 Å². The highest BCUT2D eigenvalue weighted by atomic mass is 32.1. The summed E-state index contributed by atoms with van der Waals surface area (Å²) in [6, 6.07) is 11.4. The van der Waals surface area contributed by atoms with E-state index in [1.54, 1.807) is 6.20 Å². The van der Waals surface area contributed by atoms with E-state index >= 15 is 0 Å². The van der Waals surface area contributed by atoms with Crippen LogP contribution in [0.3, 0.4) is 0 Å². The first-order valence-electron chi connectivity index (χ1n) is 6.69. The fourth-order valence-electron chi connectivity index (χ4n) is 2.24. The van der Waals surface area contributed by atoms with Crippen molar-refractivity contribution in [2.45, 2.75) is 6.92 Å². The smallest absolute Gasteiger partial charge is 0.221 e. The number of fused-ring (bicyclic) bond motifs is 1. The summed E-state index contributed by atoms with van der Waals surface area (Å²) in [4.78, 5) is 16.1. The number of pyridine rings is 1. The molecule has 1 amide bonds. The van der Waals surface area contributed by atoms with Gasteiger partial charge in [0.15, 0.2) is 0 Å². The molecule has 0 fully saturated rings. The van der Waals surface area contributed by atoms with Crippen molar-refractivity contribution in [2.24, 2.45) is 0 Å². The third-order valence-electron chi connectivity index (χ3n) is 3.21. The molecule has 110 valence electrons. The van der Waals surface area contributed by atoms with Crippen LogP contribution < -0.4 is 5.32 Å². The van der Waals surface area contributed by atoms with E-state index in [0.29, 0.717) is 4.88 Å². The SMILES string of the molecule is C=C(O)c1cc2nccc(-c3ccc(NC(C)=O)cc3)c2s1. The van der Waals surface area contributed by atoms with E-state index in [2.05, 4.69) is 16.9 Å². The summed E-state index contributed by atoms with van der Waals surface area (Å²) in [5, 5.41) is 12.3. The van der Waals surface area contributed by atoms with Crippen molar-refractivity contribution < 1.29 is 9.90 Å². The maximum atomic E-state index is 11.1. The highest BCUT2D eigenvalue weighted by Gasteiger charge is 2.10. The van der Waals surface area contributed by atoms with Crippen LogP contribution in [0.2, 0.25) is 0 Å². The first kappa shape index (κ1) is 14.3. The lowest BCUT2D eigenvalue weighted by molar-refractivity contribution is -0.114. The lowest BCUT2D eigenvalue weighted by atomic mass is 10.1. The van der Waals surface area contributed by atoms with Gasteiger partial charge in [-0.25, -0.2) is 0 Å². The van der Waals surface area contributed by atoms with Gasteiger partial charge < -0.3 is 10.4 Å². The van der Waals surface area contributed by atoms with Crippen molar-refractivity contribution in [1.82, 2.24) is 4.98 Å². The molecule has 2 aromatic heterocycles. The minimum Gasteiger partial charge on any atom is -0.507 e. The molecule has 3 aromatic rings. The number of nitrogens with zero attached hydrogens (tertiary/aromatic N) is 1. The molecular weight excluding hydrogens is 296 g/mol. The second-order valence-corrected chi connectivity index (χ2v) is 5.94. The number of aromatic nitrogens is 1. The van der Waals surface area contributed by atoms with Gasteiger partial charge in [0.05, 0.1) is 15.1 Å². The van der Waals surface area contributed by atoms with E-state index in [-0.39, 0.29) is 11.7 Å². The molecule has 3 rings (SSSR count). The predicted molar refractivity (Wildman–Crippen MR) is 91.0 cm³/mol. The molecule has 0 spiro atoms. The molecule has 0 radical (unpaired) electrons. The summed E-state index contributed by atoms with van der Waals surface area (Å²) in [5.74, 6) is -0.0432. The van der Waals surface area contributed by atoms with E-state index in [9.17, 15) is 9.90 Å². The molecule has 0 aliphatic heterocycles. The fourth-order valence-corrected chi connectivity index (χ4v) is 3.26. The lowest BCUT2D eigenvalue weighted by Gasteiger charge is -2.05. The van der Waals surface area contributed by atoms with Crippen molar-refractivity contribution in [2.75, 3.05) is 5.32 Å². The Kier molecular flexibility index (Phi) is 3.65. The average molecular weight is 310 g/mol. The van der Waals surface area contributed by atoms with E-state index in [1.807, 2.05) is 36.4 Å². The van der Waals surface area contributed by atoms with Gasteiger partial charge in [-0.15, -0.1) is 11.3 Å². The Labute approximate surface area is 131 Å². The molecular formula is C17H14N2O2S. The number of rotatable bonds is 3. The topological polar surface area (TPSA) is 62.2 Å². The van der Waals surface area contributed by atoms with Gasteiger partial charge in [-0.3, -0.25) is 9.78 Å². The highest BCUT2D eigenvalue weighted by Crippen LogP contribution is 2.35. The van der Waals surface area contributed by atoms with Gasteiger partial charge in [0.25, 0.3) is 0 Å². The largest absolute Gasteiger partial charge is 0.507 e. The Morgan fingerprint density at radius 1 is 1.27 bits per heavy atom. The molecule has 4 nitrogen and oxygen atoms in total. The number of aliphatic hydroxyl groups is 1. The van der Waals surface area contributed by atoms with E-state index < -0.39 is 0 Å². The van der Waals surface area contributed by atoms with Crippen LogP contribution in [0.5, 0.6) is 0 Å². The molecule has 0 unspecified atom stereocenters. The number of hydrogen-bond acceptors (Lipinski definition) is 4. The highest BCUT2D eigenvalue weighted by molar-refractivity contribution is 7.20. The number of carbonyl (C=O) groups is 1. The second-order valence-electron chi connectivity index (χ2n) is 4.89. The quantitative estimate of drug-likeness (QED) is 0.702. The fraction of sp³-hybridized carbons (Fsp3) is 0.0588. The Morgan fingerprint density at radius 3 is 2.64 bits per heavy atom. The molecule has 2 heterocycles. The number of benzene rings is 1. The van der Waals surface area contributed by atoms with Crippen molar-refractivity contribution >= 4 is 38.9 Å². The first-order chi connectivity index (χ1) is 10.5. The van der Waals surface area contributed by atoms with Crippen LogP contribution in [0.4, 0.5) is 5.69 Å². The monoisotopic (exact) mass is 310 g/mol. The molecule has 0 atom stereocenters. The van der Waals surface area contributed by atoms with E-state index in [4.69, 9.17) is 0 Å². The number of thiophene rings is 1. The van der Waals surface area contributed by atoms with Gasteiger partial charge in [-0.2, -0.15) is 0 Å². The molecule has 0 aliphatic carbocycles. The van der Waals surface area contributed by atoms with Crippen LogP contribution in [-0.4, -0.2) is 16.0 Å². The Balaban J connectivity index is 2.05. The molecule has 0 aliphatic rings. The van der Waals surface area contributed by atoms with E-state index in [0.717, 1.165) is 27.0 Å². The predicted octanol–water partition coefficient (Wildman–Crippen LogP) is 4.45. The first-order valence-corrected chi connectivity index (χ1v) is 7.51. The van der Waals surface area contributed by atoms with Gasteiger partial charge in [0, 0.05) is 24.4 Å². The van der Waals surface area contributed by atoms with Crippen LogP contribution >= 0.6 is 11.3 Å². The van der Waals surface area contributed by atoms with Crippen molar-refractivity contribution in [3.05, 3.63) is 54.1 Å².